The maximum Gasteiger partial charge on any atom is 0.337 e. The van der Waals surface area contributed by atoms with Crippen LogP contribution in [-0.4, -0.2) is 37.6 Å². The highest BCUT2D eigenvalue weighted by molar-refractivity contribution is 5.96. The molecule has 0 unspecified atom stereocenters. The van der Waals surface area contributed by atoms with Crippen molar-refractivity contribution in [1.29, 1.82) is 0 Å². The number of hydrogen-bond acceptors (Lipinski definition) is 4. The molecule has 0 aromatic heterocycles. The van der Waals surface area contributed by atoms with Crippen molar-refractivity contribution in [1.82, 2.24) is 5.32 Å². The summed E-state index contributed by atoms with van der Waals surface area (Å²) >= 11 is 0. The predicted molar refractivity (Wildman–Crippen MR) is 72.2 cm³/mol. The van der Waals surface area contributed by atoms with Crippen LogP contribution in [0.15, 0.2) is 24.3 Å². The molecule has 5 nitrogen and oxygen atoms in total. The van der Waals surface area contributed by atoms with Crippen LogP contribution in [0.2, 0.25) is 0 Å². The zero-order chi connectivity index (χ0) is 14.0. The first-order valence-corrected chi connectivity index (χ1v) is 6.17. The molecule has 102 valence electrons. The van der Waals surface area contributed by atoms with Crippen molar-refractivity contribution < 1.29 is 14.3 Å². The van der Waals surface area contributed by atoms with Crippen LogP contribution in [0, 0.1) is 0 Å². The van der Waals surface area contributed by atoms with E-state index < -0.39 is 0 Å². The van der Waals surface area contributed by atoms with E-state index in [4.69, 9.17) is 0 Å². The van der Waals surface area contributed by atoms with Gasteiger partial charge in [-0.15, -0.1) is 0 Å². The van der Waals surface area contributed by atoms with E-state index in [0.717, 1.165) is 5.69 Å². The van der Waals surface area contributed by atoms with Gasteiger partial charge in [0, 0.05) is 17.8 Å². The van der Waals surface area contributed by atoms with Crippen molar-refractivity contribution in [3.8, 4) is 0 Å². The fourth-order valence-electron chi connectivity index (χ4n) is 2.08. The van der Waals surface area contributed by atoms with E-state index in [-0.39, 0.29) is 17.4 Å². The number of methoxy groups -OCH3 is 1. The van der Waals surface area contributed by atoms with Crippen molar-refractivity contribution in [2.45, 2.75) is 19.4 Å². The molecular formula is C14H18N2O3. The lowest BCUT2D eigenvalue weighted by molar-refractivity contribution is -0.119. The fourth-order valence-corrected chi connectivity index (χ4v) is 2.08. The third-order valence-corrected chi connectivity index (χ3v) is 3.17. The lowest BCUT2D eigenvalue weighted by atomic mass is 10.0. The minimum absolute atomic E-state index is 0.0325. The normalized spacial score (nSPS) is 18.3. The summed E-state index contributed by atoms with van der Waals surface area (Å²) in [7, 11) is 1.35. The van der Waals surface area contributed by atoms with Gasteiger partial charge in [0.05, 0.1) is 19.2 Å². The Morgan fingerprint density at radius 3 is 2.53 bits per heavy atom. The molecule has 1 heterocycles. The van der Waals surface area contributed by atoms with Gasteiger partial charge in [0.25, 0.3) is 0 Å². The Balaban J connectivity index is 2.21. The molecule has 1 aliphatic heterocycles. The summed E-state index contributed by atoms with van der Waals surface area (Å²) in [6.45, 7) is 5.03. The number of carbonyl (C=O) groups is 2. The highest BCUT2D eigenvalue weighted by Crippen LogP contribution is 2.21. The highest BCUT2D eigenvalue weighted by Gasteiger charge is 2.31. The Hall–Kier alpha value is -1.88. The topological polar surface area (TPSA) is 58.6 Å². The molecule has 19 heavy (non-hydrogen) atoms. The van der Waals surface area contributed by atoms with Crippen LogP contribution in [0.25, 0.3) is 0 Å². The van der Waals surface area contributed by atoms with Gasteiger partial charge in [-0.25, -0.2) is 4.79 Å². The SMILES string of the molecule is COC(=O)c1ccc(N2CC(C)(C)NCC2=O)cc1. The average molecular weight is 262 g/mol. The molecule has 0 aliphatic carbocycles. The zero-order valence-corrected chi connectivity index (χ0v) is 11.4. The minimum Gasteiger partial charge on any atom is -0.465 e. The molecule has 1 N–H and O–H groups in total. The lowest BCUT2D eigenvalue weighted by Crippen LogP contribution is -2.59. The second-order valence-corrected chi connectivity index (χ2v) is 5.26. The Labute approximate surface area is 112 Å². The van der Waals surface area contributed by atoms with Crippen LogP contribution in [0.5, 0.6) is 0 Å². The minimum atomic E-state index is -0.376. The van der Waals surface area contributed by atoms with Gasteiger partial charge >= 0.3 is 5.97 Å². The Morgan fingerprint density at radius 1 is 1.32 bits per heavy atom. The number of nitrogens with zero attached hydrogens (tertiary/aromatic N) is 1. The quantitative estimate of drug-likeness (QED) is 0.813. The maximum absolute atomic E-state index is 11.9. The van der Waals surface area contributed by atoms with Crippen molar-refractivity contribution in [2.75, 3.05) is 25.1 Å². The molecule has 0 atom stereocenters. The number of piperazine rings is 1. The number of hydrogen-bond donors (Lipinski definition) is 1. The second-order valence-electron chi connectivity index (χ2n) is 5.26. The number of carbonyl (C=O) groups excluding carboxylic acids is 2. The maximum atomic E-state index is 11.9. The number of benzene rings is 1. The first-order chi connectivity index (χ1) is 8.93. The monoisotopic (exact) mass is 262 g/mol. The summed E-state index contributed by atoms with van der Waals surface area (Å²) in [6, 6.07) is 6.88. The molecule has 0 radical (unpaired) electrons. The van der Waals surface area contributed by atoms with E-state index in [1.54, 1.807) is 29.2 Å². The Bertz CT molecular complexity index is 494. The number of nitrogens with one attached hydrogen (secondary N) is 1. The van der Waals surface area contributed by atoms with Gasteiger partial charge in [-0.05, 0) is 38.1 Å². The predicted octanol–water partition coefficient (Wildman–Crippen LogP) is 1.19. The number of ether oxygens (including phenoxy) is 1. The molecule has 1 saturated heterocycles. The molecule has 0 spiro atoms. The summed E-state index contributed by atoms with van der Waals surface area (Å²) in [5.74, 6) is -0.344. The van der Waals surface area contributed by atoms with Gasteiger partial charge in [0.15, 0.2) is 0 Å². The second kappa shape index (κ2) is 5.01. The number of rotatable bonds is 2. The highest BCUT2D eigenvalue weighted by atomic mass is 16.5. The van der Waals surface area contributed by atoms with Crippen LogP contribution >= 0.6 is 0 Å². The summed E-state index contributed by atoms with van der Waals surface area (Å²) in [5.41, 5.74) is 1.16. The fraction of sp³-hybridized carbons (Fsp3) is 0.429. The van der Waals surface area contributed by atoms with Gasteiger partial charge in [-0.2, -0.15) is 0 Å². The van der Waals surface area contributed by atoms with E-state index in [1.165, 1.54) is 7.11 Å². The number of esters is 1. The van der Waals surface area contributed by atoms with Crippen LogP contribution in [0.3, 0.4) is 0 Å². The van der Waals surface area contributed by atoms with Crippen molar-refractivity contribution >= 4 is 17.6 Å². The van der Waals surface area contributed by atoms with Crippen LogP contribution in [0.1, 0.15) is 24.2 Å². The molecule has 1 aromatic carbocycles. The molecule has 0 bridgehead atoms. The molecule has 1 fully saturated rings. The molecule has 5 heteroatoms. The van der Waals surface area contributed by atoms with E-state index in [2.05, 4.69) is 23.9 Å². The standard InChI is InChI=1S/C14H18N2O3/c1-14(2)9-16(12(17)8-15-14)11-6-4-10(5-7-11)13(18)19-3/h4-7,15H,8-9H2,1-3H3. The lowest BCUT2D eigenvalue weighted by Gasteiger charge is -2.38. The number of amides is 1. The molecular weight excluding hydrogens is 244 g/mol. The van der Waals surface area contributed by atoms with E-state index in [9.17, 15) is 9.59 Å². The van der Waals surface area contributed by atoms with Gasteiger partial charge in [0.2, 0.25) is 5.91 Å². The number of anilines is 1. The van der Waals surface area contributed by atoms with Gasteiger partial charge < -0.3 is 15.0 Å². The Morgan fingerprint density at radius 2 is 1.95 bits per heavy atom. The largest absolute Gasteiger partial charge is 0.465 e. The van der Waals surface area contributed by atoms with Crippen LogP contribution in [-0.2, 0) is 9.53 Å². The summed E-state index contributed by atoms with van der Waals surface area (Å²) in [6.07, 6.45) is 0. The molecule has 1 aromatic rings. The summed E-state index contributed by atoms with van der Waals surface area (Å²) in [4.78, 5) is 25.0. The molecule has 0 saturated carbocycles. The van der Waals surface area contributed by atoms with E-state index in [1.807, 2.05) is 0 Å². The first-order valence-electron chi connectivity index (χ1n) is 6.17. The third-order valence-electron chi connectivity index (χ3n) is 3.17. The first kappa shape index (κ1) is 13.5. The van der Waals surface area contributed by atoms with E-state index >= 15 is 0 Å². The molecule has 1 amide bonds. The van der Waals surface area contributed by atoms with Crippen molar-refractivity contribution in [2.24, 2.45) is 0 Å². The van der Waals surface area contributed by atoms with E-state index in [0.29, 0.717) is 18.7 Å². The molecule has 2 rings (SSSR count). The van der Waals surface area contributed by atoms with Crippen molar-refractivity contribution in [3.05, 3.63) is 29.8 Å². The van der Waals surface area contributed by atoms with Gasteiger partial charge in [-0.1, -0.05) is 0 Å². The molecule has 1 aliphatic rings. The van der Waals surface area contributed by atoms with Gasteiger partial charge in [-0.3, -0.25) is 4.79 Å². The Kier molecular flexibility index (Phi) is 3.57. The summed E-state index contributed by atoms with van der Waals surface area (Å²) < 4.78 is 4.65. The van der Waals surface area contributed by atoms with Crippen LogP contribution < -0.4 is 10.2 Å². The third kappa shape index (κ3) is 2.93. The summed E-state index contributed by atoms with van der Waals surface area (Å²) in [5, 5.41) is 3.18. The smallest absolute Gasteiger partial charge is 0.337 e. The zero-order valence-electron chi connectivity index (χ0n) is 11.4. The van der Waals surface area contributed by atoms with Crippen molar-refractivity contribution in [3.63, 3.8) is 0 Å². The van der Waals surface area contributed by atoms with Gasteiger partial charge in [0.1, 0.15) is 0 Å². The average Bonchev–Trinajstić information content (AvgIpc) is 2.41. The van der Waals surface area contributed by atoms with Crippen LogP contribution in [0.4, 0.5) is 5.69 Å².